The summed E-state index contributed by atoms with van der Waals surface area (Å²) in [6.07, 6.45) is 0.956. The number of hydrogen-bond donors (Lipinski definition) is 2. The van der Waals surface area contributed by atoms with Crippen LogP contribution in [0.5, 0.6) is 0 Å². The third kappa shape index (κ3) is 4.15. The van der Waals surface area contributed by atoms with Crippen molar-refractivity contribution in [3.8, 4) is 0 Å². The van der Waals surface area contributed by atoms with Gasteiger partial charge in [-0.05, 0) is 25.5 Å². The third-order valence-electron chi connectivity index (χ3n) is 2.71. The van der Waals surface area contributed by atoms with Gasteiger partial charge in [-0.25, -0.2) is 9.78 Å². The number of aromatic carboxylic acids is 1. The van der Waals surface area contributed by atoms with Crippen LogP contribution in [-0.4, -0.2) is 22.6 Å². The first-order valence-electron chi connectivity index (χ1n) is 6.09. The molecule has 0 fully saturated rings. The number of nitrogens with zero attached hydrogens (tertiary/aromatic N) is 1. The van der Waals surface area contributed by atoms with Crippen molar-refractivity contribution in [2.75, 3.05) is 6.54 Å². The van der Waals surface area contributed by atoms with Gasteiger partial charge in [0.1, 0.15) is 0 Å². The van der Waals surface area contributed by atoms with E-state index in [0.29, 0.717) is 6.54 Å². The van der Waals surface area contributed by atoms with Gasteiger partial charge in [-0.15, -0.1) is 11.3 Å². The molecule has 0 amide bonds. The van der Waals surface area contributed by atoms with E-state index in [1.165, 1.54) is 11.1 Å². The summed E-state index contributed by atoms with van der Waals surface area (Å²) in [4.78, 5) is 14.7. The first kappa shape index (κ1) is 13.7. The molecule has 1 heterocycles. The Morgan fingerprint density at radius 2 is 2.32 bits per heavy atom. The van der Waals surface area contributed by atoms with E-state index >= 15 is 0 Å². The lowest BCUT2D eigenvalue weighted by Gasteiger charge is -2.04. The van der Waals surface area contributed by atoms with Gasteiger partial charge >= 0.3 is 5.97 Å². The van der Waals surface area contributed by atoms with Gasteiger partial charge in [-0.1, -0.05) is 29.8 Å². The molecule has 0 radical (unpaired) electrons. The Morgan fingerprint density at radius 3 is 3.00 bits per heavy atom. The average Bonchev–Trinajstić information content (AvgIpc) is 2.84. The van der Waals surface area contributed by atoms with Crippen LogP contribution >= 0.6 is 11.3 Å². The quantitative estimate of drug-likeness (QED) is 0.796. The van der Waals surface area contributed by atoms with Gasteiger partial charge in [-0.3, -0.25) is 0 Å². The van der Waals surface area contributed by atoms with E-state index < -0.39 is 5.97 Å². The fourth-order valence-electron chi connectivity index (χ4n) is 1.80. The molecule has 0 saturated heterocycles. The fraction of sp³-hybridized carbons (Fsp3) is 0.286. The number of benzene rings is 1. The van der Waals surface area contributed by atoms with E-state index in [1.807, 2.05) is 0 Å². The average molecular weight is 276 g/mol. The molecule has 4 nitrogen and oxygen atoms in total. The van der Waals surface area contributed by atoms with Gasteiger partial charge in [0.2, 0.25) is 5.01 Å². The van der Waals surface area contributed by atoms with E-state index in [0.717, 1.165) is 30.0 Å². The Balaban J connectivity index is 1.76. The maximum Gasteiger partial charge on any atom is 0.365 e. The molecule has 1 aromatic heterocycles. The molecule has 0 bridgehead atoms. The molecule has 0 aliphatic carbocycles. The summed E-state index contributed by atoms with van der Waals surface area (Å²) >= 11 is 1.16. The predicted octanol–water partition coefficient (Wildman–Crippen LogP) is 2.48. The molecule has 0 atom stereocenters. The Hall–Kier alpha value is -1.72. The number of hydrogen-bond acceptors (Lipinski definition) is 4. The van der Waals surface area contributed by atoms with E-state index in [-0.39, 0.29) is 5.01 Å². The van der Waals surface area contributed by atoms with E-state index in [2.05, 4.69) is 41.5 Å². The molecule has 0 unspecified atom stereocenters. The number of aryl methyl sites for hydroxylation is 1. The smallest absolute Gasteiger partial charge is 0.365 e. The number of rotatable bonds is 6. The second-order valence-corrected chi connectivity index (χ2v) is 5.22. The van der Waals surface area contributed by atoms with Crippen molar-refractivity contribution in [3.63, 3.8) is 0 Å². The second kappa shape index (κ2) is 6.45. The molecule has 100 valence electrons. The SMILES string of the molecule is Cc1cccc(CCNCc2csc(C(=O)O)n2)c1. The highest BCUT2D eigenvalue weighted by molar-refractivity contribution is 7.11. The summed E-state index contributed by atoms with van der Waals surface area (Å²) in [6.45, 7) is 3.54. The summed E-state index contributed by atoms with van der Waals surface area (Å²) < 4.78 is 0. The normalized spacial score (nSPS) is 10.6. The number of nitrogens with one attached hydrogen (secondary N) is 1. The largest absolute Gasteiger partial charge is 0.476 e. The van der Waals surface area contributed by atoms with Crippen LogP contribution in [0.1, 0.15) is 26.6 Å². The molecule has 0 saturated carbocycles. The van der Waals surface area contributed by atoms with Crippen LogP contribution in [0.15, 0.2) is 29.6 Å². The van der Waals surface area contributed by atoms with Crippen LogP contribution < -0.4 is 5.32 Å². The topological polar surface area (TPSA) is 62.2 Å². The van der Waals surface area contributed by atoms with Crippen LogP contribution in [-0.2, 0) is 13.0 Å². The first-order valence-corrected chi connectivity index (χ1v) is 6.97. The van der Waals surface area contributed by atoms with Crippen molar-refractivity contribution < 1.29 is 9.90 Å². The molecule has 0 aliphatic rings. The van der Waals surface area contributed by atoms with Crippen molar-refractivity contribution in [1.29, 1.82) is 0 Å². The summed E-state index contributed by atoms with van der Waals surface area (Å²) in [5.74, 6) is -0.962. The monoisotopic (exact) mass is 276 g/mol. The van der Waals surface area contributed by atoms with Crippen molar-refractivity contribution in [1.82, 2.24) is 10.3 Å². The lowest BCUT2D eigenvalue weighted by atomic mass is 10.1. The molecule has 2 N–H and O–H groups in total. The lowest BCUT2D eigenvalue weighted by molar-refractivity contribution is 0.0696. The Bertz CT molecular complexity index is 566. The molecule has 19 heavy (non-hydrogen) atoms. The number of carboxylic acids is 1. The number of thiazole rings is 1. The standard InChI is InChI=1S/C14H16N2O2S/c1-10-3-2-4-11(7-10)5-6-15-8-12-9-19-13(16-12)14(17)18/h2-4,7,9,15H,5-6,8H2,1H3,(H,17,18). The van der Waals surface area contributed by atoms with E-state index in [4.69, 9.17) is 5.11 Å². The van der Waals surface area contributed by atoms with Crippen molar-refractivity contribution >= 4 is 17.3 Å². The van der Waals surface area contributed by atoms with Crippen LogP contribution in [0.3, 0.4) is 0 Å². The van der Waals surface area contributed by atoms with Gasteiger partial charge in [0.15, 0.2) is 0 Å². The van der Waals surface area contributed by atoms with E-state index in [9.17, 15) is 4.79 Å². The maximum absolute atomic E-state index is 10.7. The zero-order chi connectivity index (χ0) is 13.7. The summed E-state index contributed by atoms with van der Waals surface area (Å²) in [6, 6.07) is 8.43. The number of carboxylic acid groups (broad SMARTS) is 1. The lowest BCUT2D eigenvalue weighted by Crippen LogP contribution is -2.17. The van der Waals surface area contributed by atoms with Gasteiger partial charge in [-0.2, -0.15) is 0 Å². The van der Waals surface area contributed by atoms with Crippen LogP contribution in [0.4, 0.5) is 0 Å². The molecule has 0 spiro atoms. The summed E-state index contributed by atoms with van der Waals surface area (Å²) in [5.41, 5.74) is 3.35. The first-order chi connectivity index (χ1) is 9.15. The molecule has 0 aliphatic heterocycles. The minimum atomic E-state index is -0.962. The molecule has 5 heteroatoms. The molecule has 2 rings (SSSR count). The molecule has 1 aromatic carbocycles. The zero-order valence-corrected chi connectivity index (χ0v) is 11.5. The summed E-state index contributed by atoms with van der Waals surface area (Å²) in [5, 5.41) is 14.0. The molecular weight excluding hydrogens is 260 g/mol. The zero-order valence-electron chi connectivity index (χ0n) is 10.7. The van der Waals surface area contributed by atoms with Gasteiger partial charge in [0.05, 0.1) is 5.69 Å². The third-order valence-corrected chi connectivity index (χ3v) is 3.59. The van der Waals surface area contributed by atoms with Crippen LogP contribution in [0.2, 0.25) is 0 Å². The Kier molecular flexibility index (Phi) is 4.65. The van der Waals surface area contributed by atoms with Crippen molar-refractivity contribution in [3.05, 3.63) is 51.5 Å². The van der Waals surface area contributed by atoms with Gasteiger partial charge in [0, 0.05) is 11.9 Å². The number of aromatic nitrogens is 1. The van der Waals surface area contributed by atoms with Gasteiger partial charge in [0.25, 0.3) is 0 Å². The van der Waals surface area contributed by atoms with Crippen LogP contribution in [0, 0.1) is 6.92 Å². The Labute approximate surface area is 116 Å². The number of carbonyl (C=O) groups is 1. The molecular formula is C14H16N2O2S. The fourth-order valence-corrected chi connectivity index (χ4v) is 2.46. The highest BCUT2D eigenvalue weighted by Crippen LogP contribution is 2.09. The second-order valence-electron chi connectivity index (χ2n) is 4.36. The van der Waals surface area contributed by atoms with Crippen molar-refractivity contribution in [2.45, 2.75) is 19.9 Å². The highest BCUT2D eigenvalue weighted by atomic mass is 32.1. The van der Waals surface area contributed by atoms with Gasteiger partial charge < -0.3 is 10.4 Å². The van der Waals surface area contributed by atoms with Crippen LogP contribution in [0.25, 0.3) is 0 Å². The highest BCUT2D eigenvalue weighted by Gasteiger charge is 2.08. The summed E-state index contributed by atoms with van der Waals surface area (Å²) in [7, 11) is 0. The van der Waals surface area contributed by atoms with E-state index in [1.54, 1.807) is 5.38 Å². The minimum Gasteiger partial charge on any atom is -0.476 e. The maximum atomic E-state index is 10.7. The Morgan fingerprint density at radius 1 is 1.47 bits per heavy atom. The molecule has 2 aromatic rings. The predicted molar refractivity (Wildman–Crippen MR) is 75.7 cm³/mol. The van der Waals surface area contributed by atoms with Crippen molar-refractivity contribution in [2.24, 2.45) is 0 Å². The minimum absolute atomic E-state index is 0.149.